The summed E-state index contributed by atoms with van der Waals surface area (Å²) in [5.74, 6) is 0.541. The molecule has 32 heavy (non-hydrogen) atoms. The van der Waals surface area contributed by atoms with Gasteiger partial charge in [-0.15, -0.1) is 0 Å². The summed E-state index contributed by atoms with van der Waals surface area (Å²) in [4.78, 5) is 27.3. The third-order valence-corrected chi connectivity index (χ3v) is 6.11. The van der Waals surface area contributed by atoms with E-state index in [9.17, 15) is 9.59 Å². The first-order valence-electron chi connectivity index (χ1n) is 11.0. The van der Waals surface area contributed by atoms with Gasteiger partial charge in [0.25, 0.3) is 5.91 Å². The molecule has 5 nitrogen and oxygen atoms in total. The summed E-state index contributed by atoms with van der Waals surface area (Å²) in [7, 11) is 0. The zero-order valence-corrected chi connectivity index (χ0v) is 21.5. The normalized spacial score (nSPS) is 11.8. The molecule has 2 amide bonds. The van der Waals surface area contributed by atoms with Gasteiger partial charge < -0.3 is 15.0 Å². The zero-order valence-electron chi connectivity index (χ0n) is 19.2. The van der Waals surface area contributed by atoms with Crippen molar-refractivity contribution in [3.63, 3.8) is 0 Å². The monoisotopic (exact) mass is 522 g/mol. The SMILES string of the molecule is CCCCNC(=O)C(C)N(Cc1ccc(Cl)cc1)C(=O)COc1ccc(C(C)C)cc1Br. The van der Waals surface area contributed by atoms with Crippen molar-refractivity contribution in [2.75, 3.05) is 13.2 Å². The summed E-state index contributed by atoms with van der Waals surface area (Å²) >= 11 is 9.51. The smallest absolute Gasteiger partial charge is 0.261 e. The minimum Gasteiger partial charge on any atom is -0.483 e. The second-order valence-electron chi connectivity index (χ2n) is 8.10. The lowest BCUT2D eigenvalue weighted by molar-refractivity contribution is -0.142. The Morgan fingerprint density at radius 1 is 1.12 bits per heavy atom. The molecule has 0 aliphatic rings. The van der Waals surface area contributed by atoms with E-state index in [2.05, 4.69) is 42.0 Å². The average molecular weight is 524 g/mol. The molecule has 0 aliphatic heterocycles. The van der Waals surface area contributed by atoms with Crippen molar-refractivity contribution in [2.45, 2.75) is 59.0 Å². The molecule has 0 aliphatic carbocycles. The van der Waals surface area contributed by atoms with Crippen LogP contribution in [0, 0.1) is 0 Å². The Kier molecular flexibility index (Phi) is 10.5. The number of ether oxygens (including phenoxy) is 1. The van der Waals surface area contributed by atoms with Gasteiger partial charge in [-0.05, 0) is 70.6 Å². The van der Waals surface area contributed by atoms with E-state index >= 15 is 0 Å². The number of unbranched alkanes of at least 4 members (excludes halogenated alkanes) is 1. The molecule has 0 saturated carbocycles. The second kappa shape index (κ2) is 12.9. The molecule has 1 unspecified atom stereocenters. The highest BCUT2D eigenvalue weighted by Crippen LogP contribution is 2.29. The minimum absolute atomic E-state index is 0.167. The third kappa shape index (κ3) is 7.82. The Balaban J connectivity index is 2.13. The maximum atomic E-state index is 13.1. The van der Waals surface area contributed by atoms with Crippen LogP contribution >= 0.6 is 27.5 Å². The van der Waals surface area contributed by atoms with E-state index in [1.54, 1.807) is 24.0 Å². The Morgan fingerprint density at radius 3 is 2.41 bits per heavy atom. The highest BCUT2D eigenvalue weighted by Gasteiger charge is 2.26. The standard InChI is InChI=1S/C25H32BrClN2O3/c1-5-6-13-28-25(31)18(4)29(15-19-7-10-21(27)11-8-19)24(30)16-32-23-12-9-20(17(2)3)14-22(23)26/h7-12,14,17-18H,5-6,13,15-16H2,1-4H3,(H,28,31). The number of hydrogen-bond donors (Lipinski definition) is 1. The Hall–Kier alpha value is -2.05. The molecule has 0 radical (unpaired) electrons. The lowest BCUT2D eigenvalue weighted by Gasteiger charge is -2.29. The molecule has 7 heteroatoms. The number of carbonyl (C=O) groups excluding carboxylic acids is 2. The molecule has 0 heterocycles. The molecule has 1 atom stereocenters. The molecule has 0 saturated heterocycles. The summed E-state index contributed by atoms with van der Waals surface area (Å²) in [5, 5.41) is 3.53. The van der Waals surface area contributed by atoms with Gasteiger partial charge in [-0.3, -0.25) is 9.59 Å². The van der Waals surface area contributed by atoms with Crippen LogP contribution in [-0.2, 0) is 16.1 Å². The van der Waals surface area contributed by atoms with Gasteiger partial charge in [0.2, 0.25) is 5.91 Å². The van der Waals surface area contributed by atoms with Gasteiger partial charge in [0.1, 0.15) is 11.8 Å². The van der Waals surface area contributed by atoms with Gasteiger partial charge >= 0.3 is 0 Å². The van der Waals surface area contributed by atoms with Crippen LogP contribution in [0.5, 0.6) is 5.75 Å². The van der Waals surface area contributed by atoms with Crippen LogP contribution in [0.1, 0.15) is 57.6 Å². The molecular formula is C25H32BrClN2O3. The first-order valence-corrected chi connectivity index (χ1v) is 12.1. The summed E-state index contributed by atoms with van der Waals surface area (Å²) in [5.41, 5.74) is 2.07. The Bertz CT molecular complexity index is 903. The van der Waals surface area contributed by atoms with Gasteiger partial charge in [-0.2, -0.15) is 0 Å². The van der Waals surface area contributed by atoms with Crippen LogP contribution in [0.4, 0.5) is 0 Å². The fraction of sp³-hybridized carbons (Fsp3) is 0.440. The molecule has 0 spiro atoms. The van der Waals surface area contributed by atoms with Gasteiger partial charge in [0.05, 0.1) is 4.47 Å². The summed E-state index contributed by atoms with van der Waals surface area (Å²) in [6.45, 7) is 8.75. The number of amides is 2. The van der Waals surface area contributed by atoms with Gasteiger partial charge in [0, 0.05) is 18.1 Å². The van der Waals surface area contributed by atoms with Crippen molar-refractivity contribution >= 4 is 39.3 Å². The highest BCUT2D eigenvalue weighted by molar-refractivity contribution is 9.10. The van der Waals surface area contributed by atoms with Crippen molar-refractivity contribution in [2.24, 2.45) is 0 Å². The minimum atomic E-state index is -0.634. The van der Waals surface area contributed by atoms with E-state index in [1.807, 2.05) is 30.3 Å². The largest absolute Gasteiger partial charge is 0.483 e. The quantitative estimate of drug-likeness (QED) is 0.371. The van der Waals surface area contributed by atoms with Crippen LogP contribution < -0.4 is 10.1 Å². The highest BCUT2D eigenvalue weighted by atomic mass is 79.9. The van der Waals surface area contributed by atoms with E-state index in [1.165, 1.54) is 5.56 Å². The van der Waals surface area contributed by atoms with Crippen molar-refractivity contribution in [3.05, 3.63) is 63.1 Å². The second-order valence-corrected chi connectivity index (χ2v) is 9.39. The van der Waals surface area contributed by atoms with Crippen molar-refractivity contribution < 1.29 is 14.3 Å². The van der Waals surface area contributed by atoms with Crippen LogP contribution in [0.25, 0.3) is 0 Å². The van der Waals surface area contributed by atoms with E-state index < -0.39 is 6.04 Å². The zero-order chi connectivity index (χ0) is 23.7. The maximum Gasteiger partial charge on any atom is 0.261 e. The fourth-order valence-electron chi connectivity index (χ4n) is 3.12. The molecule has 2 aromatic rings. The van der Waals surface area contributed by atoms with Crippen molar-refractivity contribution in [3.8, 4) is 5.75 Å². The fourth-order valence-corrected chi connectivity index (χ4v) is 3.76. The van der Waals surface area contributed by atoms with Gasteiger partial charge in [-0.25, -0.2) is 0 Å². The number of hydrogen-bond acceptors (Lipinski definition) is 3. The summed E-state index contributed by atoms with van der Waals surface area (Å²) < 4.78 is 6.61. The number of carbonyl (C=O) groups is 2. The molecular weight excluding hydrogens is 492 g/mol. The first-order chi connectivity index (χ1) is 15.2. The predicted molar refractivity (Wildman–Crippen MR) is 133 cm³/mol. The number of halogens is 2. The lowest BCUT2D eigenvalue weighted by atomic mass is 10.0. The van der Waals surface area contributed by atoms with Crippen LogP contribution in [0.15, 0.2) is 46.9 Å². The van der Waals surface area contributed by atoms with E-state index in [0.29, 0.717) is 23.2 Å². The van der Waals surface area contributed by atoms with Crippen molar-refractivity contribution in [1.29, 1.82) is 0 Å². The Morgan fingerprint density at radius 2 is 1.81 bits per heavy atom. The first kappa shape index (κ1) is 26.2. The van der Waals surface area contributed by atoms with Crippen LogP contribution in [-0.4, -0.2) is 35.9 Å². The summed E-state index contributed by atoms with van der Waals surface area (Å²) in [6, 6.07) is 12.5. The van der Waals surface area contributed by atoms with E-state index in [0.717, 1.165) is 22.9 Å². The topological polar surface area (TPSA) is 58.6 Å². The third-order valence-electron chi connectivity index (χ3n) is 5.24. The van der Waals surface area contributed by atoms with Gasteiger partial charge in [0.15, 0.2) is 6.61 Å². The Labute approximate surface area is 204 Å². The summed E-state index contributed by atoms with van der Waals surface area (Å²) in [6.07, 6.45) is 1.88. The molecule has 2 rings (SSSR count). The lowest BCUT2D eigenvalue weighted by Crippen LogP contribution is -2.49. The molecule has 1 N–H and O–H groups in total. The molecule has 2 aromatic carbocycles. The molecule has 0 fully saturated rings. The van der Waals surface area contributed by atoms with Gasteiger partial charge in [-0.1, -0.05) is 57.0 Å². The van der Waals surface area contributed by atoms with Crippen LogP contribution in [0.2, 0.25) is 5.02 Å². The number of nitrogens with zero attached hydrogens (tertiary/aromatic N) is 1. The number of benzene rings is 2. The average Bonchev–Trinajstić information content (AvgIpc) is 2.77. The molecule has 0 bridgehead atoms. The van der Waals surface area contributed by atoms with E-state index in [4.69, 9.17) is 16.3 Å². The number of nitrogens with one attached hydrogen (secondary N) is 1. The van der Waals surface area contributed by atoms with Crippen LogP contribution in [0.3, 0.4) is 0 Å². The molecule has 174 valence electrons. The van der Waals surface area contributed by atoms with Crippen molar-refractivity contribution in [1.82, 2.24) is 10.2 Å². The molecule has 0 aromatic heterocycles. The maximum absolute atomic E-state index is 13.1. The predicted octanol–water partition coefficient (Wildman–Crippen LogP) is 5.94. The number of rotatable bonds is 11. The van der Waals surface area contributed by atoms with E-state index in [-0.39, 0.29) is 25.0 Å².